The molecule has 2 heteroatoms. The predicted octanol–water partition coefficient (Wildman–Crippen LogP) is 5.74. The fourth-order valence-corrected chi connectivity index (χ4v) is 3.15. The molecule has 1 aromatic carbocycles. The van der Waals surface area contributed by atoms with E-state index in [4.69, 9.17) is 4.74 Å². The number of ether oxygens (including phenoxy) is 1. The van der Waals surface area contributed by atoms with Gasteiger partial charge in [-0.15, -0.1) is 0 Å². The van der Waals surface area contributed by atoms with E-state index < -0.39 is 0 Å². The van der Waals surface area contributed by atoms with Gasteiger partial charge in [-0.1, -0.05) is 61.2 Å². The van der Waals surface area contributed by atoms with Crippen LogP contribution in [-0.2, 0) is 0 Å². The Hall–Kier alpha value is -0.500. The molecule has 1 nitrogen and oxygen atoms in total. The quantitative estimate of drug-likeness (QED) is 0.556. The SMILES string of the molecule is CCCCC(CC)C(Br)c1ccc(OCC)cc1. The Morgan fingerprint density at radius 1 is 1.11 bits per heavy atom. The van der Waals surface area contributed by atoms with Crippen molar-refractivity contribution in [2.45, 2.75) is 51.3 Å². The molecular formula is C16H25BrO. The minimum absolute atomic E-state index is 0.463. The number of halogens is 1. The molecule has 18 heavy (non-hydrogen) atoms. The Balaban J connectivity index is 2.65. The number of hydrogen-bond acceptors (Lipinski definition) is 1. The van der Waals surface area contributed by atoms with E-state index in [1.54, 1.807) is 0 Å². The van der Waals surface area contributed by atoms with Gasteiger partial charge < -0.3 is 4.74 Å². The third-order valence-corrected chi connectivity index (χ3v) is 4.65. The molecule has 2 unspecified atom stereocenters. The summed E-state index contributed by atoms with van der Waals surface area (Å²) in [6, 6.07) is 8.50. The molecule has 0 aliphatic carbocycles. The zero-order valence-corrected chi connectivity index (χ0v) is 13.4. The van der Waals surface area contributed by atoms with Crippen molar-refractivity contribution in [3.8, 4) is 5.75 Å². The Bertz CT molecular complexity index is 320. The van der Waals surface area contributed by atoms with Crippen molar-refractivity contribution >= 4 is 15.9 Å². The highest BCUT2D eigenvalue weighted by Crippen LogP contribution is 2.36. The van der Waals surface area contributed by atoms with Gasteiger partial charge in [0, 0.05) is 4.83 Å². The maximum absolute atomic E-state index is 5.48. The van der Waals surface area contributed by atoms with E-state index in [0.29, 0.717) is 4.83 Å². The van der Waals surface area contributed by atoms with Crippen LogP contribution < -0.4 is 4.74 Å². The molecule has 0 saturated heterocycles. The largest absolute Gasteiger partial charge is 0.494 e. The van der Waals surface area contributed by atoms with Gasteiger partial charge in [0.15, 0.2) is 0 Å². The van der Waals surface area contributed by atoms with Gasteiger partial charge in [0.1, 0.15) is 5.75 Å². The average Bonchev–Trinajstić information content (AvgIpc) is 2.40. The zero-order valence-electron chi connectivity index (χ0n) is 11.8. The molecule has 0 fully saturated rings. The fraction of sp³-hybridized carbons (Fsp3) is 0.625. The molecular weight excluding hydrogens is 288 g/mol. The van der Waals surface area contributed by atoms with Gasteiger partial charge in [0.25, 0.3) is 0 Å². The average molecular weight is 313 g/mol. The lowest BCUT2D eigenvalue weighted by atomic mass is 9.92. The first-order valence-corrected chi connectivity index (χ1v) is 8.01. The maximum Gasteiger partial charge on any atom is 0.119 e. The van der Waals surface area contributed by atoms with Crippen LogP contribution in [0.1, 0.15) is 56.8 Å². The van der Waals surface area contributed by atoms with Crippen LogP contribution in [-0.4, -0.2) is 6.61 Å². The van der Waals surface area contributed by atoms with Gasteiger partial charge in [0.05, 0.1) is 6.61 Å². The van der Waals surface area contributed by atoms with E-state index in [9.17, 15) is 0 Å². The van der Waals surface area contributed by atoms with E-state index in [-0.39, 0.29) is 0 Å². The second kappa shape index (κ2) is 8.58. The van der Waals surface area contributed by atoms with Crippen LogP contribution in [0.2, 0.25) is 0 Å². The lowest BCUT2D eigenvalue weighted by Crippen LogP contribution is -2.07. The monoisotopic (exact) mass is 312 g/mol. The van der Waals surface area contributed by atoms with Crippen molar-refractivity contribution in [3.63, 3.8) is 0 Å². The summed E-state index contributed by atoms with van der Waals surface area (Å²) in [4.78, 5) is 0.463. The standard InChI is InChI=1S/C16H25BrO/c1-4-7-8-13(5-2)16(17)14-9-11-15(12-10-14)18-6-3/h9-13,16H,4-8H2,1-3H3. The van der Waals surface area contributed by atoms with Crippen LogP contribution in [0.4, 0.5) is 0 Å². The Morgan fingerprint density at radius 3 is 2.28 bits per heavy atom. The summed E-state index contributed by atoms with van der Waals surface area (Å²) in [5.41, 5.74) is 1.36. The van der Waals surface area contributed by atoms with E-state index in [1.165, 1.54) is 31.2 Å². The van der Waals surface area contributed by atoms with Crippen LogP contribution >= 0.6 is 15.9 Å². The zero-order chi connectivity index (χ0) is 13.4. The van der Waals surface area contributed by atoms with Crippen LogP contribution in [0.3, 0.4) is 0 Å². The Kier molecular flexibility index (Phi) is 7.41. The number of hydrogen-bond donors (Lipinski definition) is 0. The van der Waals surface area contributed by atoms with Gasteiger partial charge in [-0.3, -0.25) is 0 Å². The number of alkyl halides is 1. The molecule has 0 saturated carbocycles. The molecule has 2 atom stereocenters. The number of benzene rings is 1. The summed E-state index contributed by atoms with van der Waals surface area (Å²) in [5, 5.41) is 0. The summed E-state index contributed by atoms with van der Waals surface area (Å²) in [6.45, 7) is 7.28. The van der Waals surface area contributed by atoms with Crippen LogP contribution in [0.5, 0.6) is 5.75 Å². The lowest BCUT2D eigenvalue weighted by molar-refractivity contribution is 0.340. The normalized spacial score (nSPS) is 14.2. The highest BCUT2D eigenvalue weighted by molar-refractivity contribution is 9.09. The molecule has 0 aliphatic rings. The summed E-state index contributed by atoms with van der Waals surface area (Å²) in [7, 11) is 0. The van der Waals surface area contributed by atoms with Crippen molar-refractivity contribution < 1.29 is 4.74 Å². The maximum atomic E-state index is 5.48. The molecule has 0 aromatic heterocycles. The van der Waals surface area contributed by atoms with Crippen molar-refractivity contribution in [3.05, 3.63) is 29.8 Å². The van der Waals surface area contributed by atoms with Gasteiger partial charge >= 0.3 is 0 Å². The van der Waals surface area contributed by atoms with E-state index >= 15 is 0 Å². The van der Waals surface area contributed by atoms with Crippen LogP contribution in [0.15, 0.2) is 24.3 Å². The minimum Gasteiger partial charge on any atom is -0.494 e. The fourth-order valence-electron chi connectivity index (χ4n) is 2.21. The third-order valence-electron chi connectivity index (χ3n) is 3.38. The Morgan fingerprint density at radius 2 is 1.78 bits per heavy atom. The smallest absolute Gasteiger partial charge is 0.119 e. The van der Waals surface area contributed by atoms with Gasteiger partial charge in [0.2, 0.25) is 0 Å². The van der Waals surface area contributed by atoms with E-state index in [1.807, 2.05) is 6.92 Å². The van der Waals surface area contributed by atoms with E-state index in [2.05, 4.69) is 54.0 Å². The number of unbranched alkanes of at least 4 members (excludes halogenated alkanes) is 1. The van der Waals surface area contributed by atoms with Crippen LogP contribution in [0, 0.1) is 5.92 Å². The van der Waals surface area contributed by atoms with Gasteiger partial charge in [-0.25, -0.2) is 0 Å². The molecule has 0 aliphatic heterocycles. The third kappa shape index (κ3) is 4.64. The molecule has 0 amide bonds. The molecule has 102 valence electrons. The highest BCUT2D eigenvalue weighted by Gasteiger charge is 2.18. The minimum atomic E-state index is 0.463. The van der Waals surface area contributed by atoms with Crippen molar-refractivity contribution in [2.24, 2.45) is 5.92 Å². The second-order valence-corrected chi connectivity index (χ2v) is 5.70. The molecule has 0 heterocycles. The summed E-state index contributed by atoms with van der Waals surface area (Å²) < 4.78 is 5.48. The second-order valence-electron chi connectivity index (χ2n) is 4.71. The lowest BCUT2D eigenvalue weighted by Gasteiger charge is -2.21. The van der Waals surface area contributed by atoms with Gasteiger partial charge in [-0.2, -0.15) is 0 Å². The molecule has 1 aromatic rings. The molecule has 0 radical (unpaired) electrons. The molecule has 0 N–H and O–H groups in total. The molecule has 1 rings (SSSR count). The first-order valence-electron chi connectivity index (χ1n) is 7.09. The van der Waals surface area contributed by atoms with Crippen molar-refractivity contribution in [2.75, 3.05) is 6.61 Å². The number of rotatable bonds is 8. The summed E-state index contributed by atoms with van der Waals surface area (Å²) in [5.74, 6) is 1.69. The predicted molar refractivity (Wildman–Crippen MR) is 82.6 cm³/mol. The van der Waals surface area contributed by atoms with E-state index in [0.717, 1.165) is 18.3 Å². The highest BCUT2D eigenvalue weighted by atomic mass is 79.9. The summed E-state index contributed by atoms with van der Waals surface area (Å²) in [6.07, 6.45) is 5.12. The molecule has 0 spiro atoms. The molecule has 0 bridgehead atoms. The van der Waals surface area contributed by atoms with Gasteiger partial charge in [-0.05, 0) is 37.0 Å². The van der Waals surface area contributed by atoms with Crippen molar-refractivity contribution in [1.82, 2.24) is 0 Å². The Labute approximate surface area is 120 Å². The first-order chi connectivity index (χ1) is 8.72. The summed E-state index contributed by atoms with van der Waals surface area (Å²) >= 11 is 3.87. The van der Waals surface area contributed by atoms with Crippen LogP contribution in [0.25, 0.3) is 0 Å². The topological polar surface area (TPSA) is 9.23 Å². The van der Waals surface area contributed by atoms with Crippen molar-refractivity contribution in [1.29, 1.82) is 0 Å². The first kappa shape index (κ1) is 15.6.